The largest absolute Gasteiger partial charge is 0.365 e. The highest BCUT2D eigenvalue weighted by Crippen LogP contribution is 2.38. The molecule has 10 nitrogen and oxygen atoms in total. The number of amides is 4. The van der Waals surface area contributed by atoms with Crippen molar-refractivity contribution in [1.82, 2.24) is 4.90 Å². The molecule has 1 unspecified atom stereocenters. The number of imide groups is 1. The number of nitrogens with two attached hydrogens (primary N) is 1. The second kappa shape index (κ2) is 8.15. The Morgan fingerprint density at radius 2 is 1.91 bits per heavy atom. The third-order valence-electron chi connectivity index (χ3n) is 5.79. The van der Waals surface area contributed by atoms with Gasteiger partial charge in [0.25, 0.3) is 23.4 Å². The fourth-order valence-corrected chi connectivity index (χ4v) is 5.51. The first-order valence-corrected chi connectivity index (χ1v) is 10.9. The molecule has 166 valence electrons. The maximum Gasteiger partial charge on any atom is 0.282 e. The lowest BCUT2D eigenvalue weighted by molar-refractivity contribution is -0.385. The van der Waals surface area contributed by atoms with Gasteiger partial charge in [-0.25, -0.2) is 0 Å². The van der Waals surface area contributed by atoms with Crippen LogP contribution in [0.3, 0.4) is 0 Å². The zero-order chi connectivity index (χ0) is 23.2. The molecular formula is C21H20N4O6S. The molecule has 4 amide bonds. The van der Waals surface area contributed by atoms with E-state index in [1.54, 1.807) is 0 Å². The first kappa shape index (κ1) is 21.6. The summed E-state index contributed by atoms with van der Waals surface area (Å²) in [6.07, 6.45) is 4.42. The number of nitrogens with one attached hydrogen (secondary N) is 1. The van der Waals surface area contributed by atoms with E-state index in [0.29, 0.717) is 16.3 Å². The van der Waals surface area contributed by atoms with E-state index < -0.39 is 40.3 Å². The summed E-state index contributed by atoms with van der Waals surface area (Å²) in [5.74, 6) is -3.03. The normalized spacial score (nSPS) is 16.2. The number of anilines is 1. The molecule has 2 aliphatic rings. The van der Waals surface area contributed by atoms with Crippen LogP contribution < -0.4 is 11.1 Å². The molecular weight excluding hydrogens is 436 g/mol. The number of primary amides is 1. The third-order valence-corrected chi connectivity index (χ3v) is 7.00. The van der Waals surface area contributed by atoms with E-state index in [4.69, 9.17) is 5.73 Å². The molecule has 0 radical (unpaired) electrons. The minimum Gasteiger partial charge on any atom is -0.365 e. The quantitative estimate of drug-likeness (QED) is 0.305. The maximum absolute atomic E-state index is 13.0. The number of nitrogens with zero attached hydrogens (tertiary/aromatic N) is 2. The van der Waals surface area contributed by atoms with Crippen LogP contribution >= 0.6 is 11.3 Å². The average Bonchev–Trinajstić information content (AvgIpc) is 3.10. The summed E-state index contributed by atoms with van der Waals surface area (Å²) in [7, 11) is 0. The second-order valence-electron chi connectivity index (χ2n) is 7.74. The predicted molar refractivity (Wildman–Crippen MR) is 116 cm³/mol. The summed E-state index contributed by atoms with van der Waals surface area (Å²) < 4.78 is 0. The monoisotopic (exact) mass is 456 g/mol. The Labute approximate surface area is 186 Å². The lowest BCUT2D eigenvalue weighted by atomic mass is 10.1. The highest BCUT2D eigenvalue weighted by Gasteiger charge is 2.45. The van der Waals surface area contributed by atoms with Crippen molar-refractivity contribution in [3.63, 3.8) is 0 Å². The smallest absolute Gasteiger partial charge is 0.282 e. The first-order chi connectivity index (χ1) is 15.2. The van der Waals surface area contributed by atoms with Gasteiger partial charge in [-0.2, -0.15) is 0 Å². The van der Waals surface area contributed by atoms with Crippen molar-refractivity contribution in [3.05, 3.63) is 55.4 Å². The van der Waals surface area contributed by atoms with Crippen LogP contribution in [0.5, 0.6) is 0 Å². The highest BCUT2D eigenvalue weighted by atomic mass is 32.1. The summed E-state index contributed by atoms with van der Waals surface area (Å²) in [4.78, 5) is 63.0. The van der Waals surface area contributed by atoms with Gasteiger partial charge in [0.05, 0.1) is 16.1 Å². The topological polar surface area (TPSA) is 153 Å². The maximum atomic E-state index is 13.0. The van der Waals surface area contributed by atoms with Crippen molar-refractivity contribution >= 4 is 45.7 Å². The molecule has 1 atom stereocenters. The molecule has 1 aromatic carbocycles. The van der Waals surface area contributed by atoms with Crippen molar-refractivity contribution in [2.24, 2.45) is 5.73 Å². The standard InChI is InChI=1S/C21H20N4O6S/c1-10(24-20(28)12-7-5-8-13(25(30)31)15(12)21(24)29)18(27)23-19-16(17(22)26)11-6-3-2-4-9-14(11)32-19/h5,7-8,10H,2-4,6,9H2,1H3,(H2,22,26)(H,23,27). The van der Waals surface area contributed by atoms with Gasteiger partial charge in [0.2, 0.25) is 5.91 Å². The Kier molecular flexibility index (Phi) is 5.51. The number of fused-ring (bicyclic) bond motifs is 2. The molecule has 2 aromatic rings. The van der Waals surface area contributed by atoms with Crippen molar-refractivity contribution in [2.75, 3.05) is 5.32 Å². The SMILES string of the molecule is CC(C(=O)Nc1sc2c(c1C(N)=O)CCCCC2)N1C(=O)c2cccc([N+](=O)[O-])c2C1=O. The van der Waals surface area contributed by atoms with Crippen LogP contribution in [0.25, 0.3) is 0 Å². The molecule has 11 heteroatoms. The predicted octanol–water partition coefficient (Wildman–Crippen LogP) is 2.65. The molecule has 2 heterocycles. The van der Waals surface area contributed by atoms with Gasteiger partial charge in [-0.3, -0.25) is 34.2 Å². The molecule has 1 aromatic heterocycles. The van der Waals surface area contributed by atoms with E-state index in [2.05, 4.69) is 5.32 Å². The van der Waals surface area contributed by atoms with Gasteiger partial charge < -0.3 is 11.1 Å². The van der Waals surface area contributed by atoms with Crippen molar-refractivity contribution in [2.45, 2.75) is 45.1 Å². The highest BCUT2D eigenvalue weighted by molar-refractivity contribution is 7.17. The third kappa shape index (κ3) is 3.44. The van der Waals surface area contributed by atoms with Crippen LogP contribution in [0.2, 0.25) is 0 Å². The number of carbonyl (C=O) groups is 4. The molecule has 0 bridgehead atoms. The van der Waals surface area contributed by atoms with Crippen LogP contribution in [-0.4, -0.2) is 39.5 Å². The molecule has 3 N–H and O–H groups in total. The fraction of sp³-hybridized carbons (Fsp3) is 0.333. The molecule has 0 saturated carbocycles. The second-order valence-corrected chi connectivity index (χ2v) is 8.84. The summed E-state index contributed by atoms with van der Waals surface area (Å²) >= 11 is 1.28. The Balaban J connectivity index is 1.63. The number of benzene rings is 1. The fourth-order valence-electron chi connectivity index (χ4n) is 4.21. The van der Waals surface area contributed by atoms with Crippen molar-refractivity contribution < 1.29 is 24.1 Å². The van der Waals surface area contributed by atoms with E-state index in [1.807, 2.05) is 0 Å². The number of hydrogen-bond donors (Lipinski definition) is 2. The summed E-state index contributed by atoms with van der Waals surface area (Å²) in [5, 5.41) is 14.2. The number of hydrogen-bond acceptors (Lipinski definition) is 7. The Hall–Kier alpha value is -3.60. The van der Waals surface area contributed by atoms with Gasteiger partial charge >= 0.3 is 0 Å². The van der Waals surface area contributed by atoms with Gasteiger partial charge in [-0.15, -0.1) is 11.3 Å². The minimum absolute atomic E-state index is 0.121. The number of nitro groups is 1. The number of aryl methyl sites for hydroxylation is 1. The van der Waals surface area contributed by atoms with Gasteiger partial charge in [-0.05, 0) is 44.2 Å². The average molecular weight is 456 g/mol. The van der Waals surface area contributed by atoms with E-state index in [1.165, 1.54) is 30.4 Å². The van der Waals surface area contributed by atoms with E-state index in [9.17, 15) is 29.3 Å². The first-order valence-electron chi connectivity index (χ1n) is 10.1. The van der Waals surface area contributed by atoms with E-state index >= 15 is 0 Å². The minimum atomic E-state index is -1.26. The lowest BCUT2D eigenvalue weighted by Gasteiger charge is -2.21. The zero-order valence-electron chi connectivity index (χ0n) is 17.2. The molecule has 0 fully saturated rings. The molecule has 0 spiro atoms. The molecule has 0 saturated heterocycles. The van der Waals surface area contributed by atoms with Crippen LogP contribution in [0.15, 0.2) is 18.2 Å². The van der Waals surface area contributed by atoms with Crippen molar-refractivity contribution in [1.29, 1.82) is 0 Å². The lowest BCUT2D eigenvalue weighted by Crippen LogP contribution is -2.45. The molecule has 1 aliphatic heterocycles. The number of thiophene rings is 1. The van der Waals surface area contributed by atoms with Crippen LogP contribution in [0, 0.1) is 10.1 Å². The van der Waals surface area contributed by atoms with Gasteiger partial charge in [0, 0.05) is 10.9 Å². The van der Waals surface area contributed by atoms with E-state index in [-0.39, 0.29) is 16.7 Å². The van der Waals surface area contributed by atoms with Crippen molar-refractivity contribution in [3.8, 4) is 0 Å². The molecule has 1 aliphatic carbocycles. The zero-order valence-corrected chi connectivity index (χ0v) is 18.0. The van der Waals surface area contributed by atoms with Gasteiger partial charge in [0.1, 0.15) is 16.6 Å². The summed E-state index contributed by atoms with van der Waals surface area (Å²) in [5.41, 5.74) is 5.76. The van der Waals surface area contributed by atoms with Gasteiger partial charge in [-0.1, -0.05) is 12.5 Å². The van der Waals surface area contributed by atoms with E-state index in [0.717, 1.165) is 42.2 Å². The number of nitro benzene ring substituents is 1. The molecule has 4 rings (SSSR count). The number of rotatable bonds is 5. The summed E-state index contributed by atoms with van der Waals surface area (Å²) in [6, 6.07) is 2.50. The summed E-state index contributed by atoms with van der Waals surface area (Å²) in [6.45, 7) is 1.35. The van der Waals surface area contributed by atoms with Gasteiger partial charge in [0.15, 0.2) is 0 Å². The molecule has 32 heavy (non-hydrogen) atoms. The van der Waals surface area contributed by atoms with Crippen LogP contribution in [-0.2, 0) is 17.6 Å². The number of carbonyl (C=O) groups excluding carboxylic acids is 4. The van der Waals surface area contributed by atoms with Crippen LogP contribution in [0.1, 0.15) is 67.7 Å². The Morgan fingerprint density at radius 1 is 1.19 bits per heavy atom. The van der Waals surface area contributed by atoms with Crippen LogP contribution in [0.4, 0.5) is 10.7 Å². The Morgan fingerprint density at radius 3 is 2.59 bits per heavy atom. The Bertz CT molecular complexity index is 1190.